The fraction of sp³-hybridized carbons (Fsp3) is 0.167. The highest BCUT2D eigenvalue weighted by molar-refractivity contribution is 6.30. The summed E-state index contributed by atoms with van der Waals surface area (Å²) in [5, 5.41) is 4.64. The van der Waals surface area contributed by atoms with Gasteiger partial charge in [0.2, 0.25) is 0 Å². The van der Waals surface area contributed by atoms with Crippen LogP contribution in [0, 0.1) is 6.92 Å². The fourth-order valence-electron chi connectivity index (χ4n) is 2.62. The van der Waals surface area contributed by atoms with Gasteiger partial charge in [-0.1, -0.05) is 41.4 Å². The number of nitrogens with one attached hydrogen (secondary N) is 1. The molecule has 31 heavy (non-hydrogen) atoms. The molecule has 0 unspecified atom stereocenters. The lowest BCUT2D eigenvalue weighted by Gasteiger charge is -2.11. The summed E-state index contributed by atoms with van der Waals surface area (Å²) in [4.78, 5) is 11.9. The first-order valence-corrected chi connectivity index (χ1v) is 9.98. The summed E-state index contributed by atoms with van der Waals surface area (Å²) >= 11 is 5.90. The van der Waals surface area contributed by atoms with Crippen LogP contribution in [0.1, 0.15) is 16.7 Å². The molecular weight excluding hydrogens is 416 g/mol. The van der Waals surface area contributed by atoms with E-state index in [-0.39, 0.29) is 12.5 Å². The normalized spacial score (nSPS) is 10.7. The Hall–Kier alpha value is -3.51. The molecule has 0 atom stereocenters. The fourth-order valence-corrected chi connectivity index (χ4v) is 2.75. The third-order valence-electron chi connectivity index (χ3n) is 4.29. The zero-order chi connectivity index (χ0) is 22.1. The molecule has 0 aliphatic carbocycles. The summed E-state index contributed by atoms with van der Waals surface area (Å²) in [5.74, 6) is 1.44. The molecule has 6 nitrogen and oxygen atoms in total. The summed E-state index contributed by atoms with van der Waals surface area (Å²) < 4.78 is 16.7. The number of aryl methyl sites for hydroxylation is 1. The Labute approximate surface area is 186 Å². The van der Waals surface area contributed by atoms with E-state index in [0.29, 0.717) is 28.9 Å². The minimum Gasteiger partial charge on any atom is -0.493 e. The molecule has 0 radical (unpaired) electrons. The van der Waals surface area contributed by atoms with Crippen LogP contribution in [0.5, 0.6) is 17.2 Å². The van der Waals surface area contributed by atoms with Crippen molar-refractivity contribution in [3.8, 4) is 17.2 Å². The molecule has 1 N–H and O–H groups in total. The maximum Gasteiger partial charge on any atom is 0.277 e. The number of benzene rings is 3. The smallest absolute Gasteiger partial charge is 0.277 e. The van der Waals surface area contributed by atoms with E-state index in [1.807, 2.05) is 61.5 Å². The summed E-state index contributed by atoms with van der Waals surface area (Å²) in [5.41, 5.74) is 5.30. The van der Waals surface area contributed by atoms with Crippen molar-refractivity contribution in [2.75, 3.05) is 13.7 Å². The predicted molar refractivity (Wildman–Crippen MR) is 121 cm³/mol. The van der Waals surface area contributed by atoms with Crippen LogP contribution in [0.2, 0.25) is 5.02 Å². The molecule has 3 aromatic carbocycles. The second-order valence-electron chi connectivity index (χ2n) is 6.72. The van der Waals surface area contributed by atoms with Crippen molar-refractivity contribution < 1.29 is 19.0 Å². The van der Waals surface area contributed by atoms with Crippen LogP contribution in [0.25, 0.3) is 0 Å². The van der Waals surface area contributed by atoms with Gasteiger partial charge in [0, 0.05) is 5.02 Å². The molecule has 3 aromatic rings. The van der Waals surface area contributed by atoms with Crippen LogP contribution >= 0.6 is 11.6 Å². The lowest BCUT2D eigenvalue weighted by molar-refractivity contribution is -0.123. The Morgan fingerprint density at radius 3 is 2.45 bits per heavy atom. The highest BCUT2D eigenvalue weighted by Crippen LogP contribution is 2.28. The molecule has 0 aliphatic rings. The largest absolute Gasteiger partial charge is 0.493 e. The van der Waals surface area contributed by atoms with E-state index in [9.17, 15) is 4.79 Å². The molecule has 0 fully saturated rings. The lowest BCUT2D eigenvalue weighted by Crippen LogP contribution is -2.24. The van der Waals surface area contributed by atoms with Crippen molar-refractivity contribution in [1.29, 1.82) is 0 Å². The standard InChI is InChI=1S/C24H23ClN2O4/c1-17-3-10-21(11-4-17)30-16-24(28)27-26-14-19-7-12-22(23(13-19)29-2)31-15-18-5-8-20(25)9-6-18/h3-14H,15-16H2,1-2H3,(H,27,28)/b26-14-. The van der Waals surface area contributed by atoms with Crippen LogP contribution in [0.4, 0.5) is 0 Å². The van der Waals surface area contributed by atoms with Crippen molar-refractivity contribution in [2.45, 2.75) is 13.5 Å². The van der Waals surface area contributed by atoms with Crippen LogP contribution in [0.3, 0.4) is 0 Å². The van der Waals surface area contributed by atoms with Gasteiger partial charge in [0.25, 0.3) is 5.91 Å². The van der Waals surface area contributed by atoms with Gasteiger partial charge in [0.05, 0.1) is 13.3 Å². The van der Waals surface area contributed by atoms with E-state index in [1.54, 1.807) is 19.2 Å². The van der Waals surface area contributed by atoms with Crippen LogP contribution in [-0.4, -0.2) is 25.8 Å². The molecule has 1 amide bonds. The van der Waals surface area contributed by atoms with Gasteiger partial charge in [-0.15, -0.1) is 0 Å². The molecule has 0 saturated heterocycles. The Kier molecular flexibility index (Phi) is 7.90. The first-order valence-electron chi connectivity index (χ1n) is 9.60. The minimum atomic E-state index is -0.355. The van der Waals surface area contributed by atoms with E-state index in [4.69, 9.17) is 25.8 Å². The van der Waals surface area contributed by atoms with Gasteiger partial charge in [-0.3, -0.25) is 4.79 Å². The number of methoxy groups -OCH3 is 1. The van der Waals surface area contributed by atoms with Gasteiger partial charge in [-0.25, -0.2) is 5.43 Å². The number of ether oxygens (including phenoxy) is 3. The number of hydrogen-bond donors (Lipinski definition) is 1. The van der Waals surface area contributed by atoms with Gasteiger partial charge >= 0.3 is 0 Å². The van der Waals surface area contributed by atoms with E-state index in [2.05, 4.69) is 10.5 Å². The topological polar surface area (TPSA) is 69.2 Å². The number of amides is 1. The zero-order valence-electron chi connectivity index (χ0n) is 17.3. The van der Waals surface area contributed by atoms with E-state index < -0.39 is 0 Å². The monoisotopic (exact) mass is 438 g/mol. The average molecular weight is 439 g/mol. The zero-order valence-corrected chi connectivity index (χ0v) is 18.1. The Balaban J connectivity index is 1.51. The predicted octanol–water partition coefficient (Wildman–Crippen LogP) is 4.77. The number of rotatable bonds is 9. The molecule has 160 valence electrons. The lowest BCUT2D eigenvalue weighted by atomic mass is 10.2. The maximum absolute atomic E-state index is 11.9. The molecule has 0 bridgehead atoms. The molecule has 0 aromatic heterocycles. The van der Waals surface area contributed by atoms with Gasteiger partial charge in [0.1, 0.15) is 12.4 Å². The third-order valence-corrected chi connectivity index (χ3v) is 4.54. The second kappa shape index (κ2) is 11.0. The van der Waals surface area contributed by atoms with E-state index in [0.717, 1.165) is 16.7 Å². The average Bonchev–Trinajstić information content (AvgIpc) is 2.78. The maximum atomic E-state index is 11.9. The molecule has 7 heteroatoms. The summed E-state index contributed by atoms with van der Waals surface area (Å²) in [6, 6.07) is 20.3. The Morgan fingerprint density at radius 1 is 1.00 bits per heavy atom. The van der Waals surface area contributed by atoms with Crippen molar-refractivity contribution in [3.63, 3.8) is 0 Å². The van der Waals surface area contributed by atoms with Crippen molar-refractivity contribution >= 4 is 23.7 Å². The second-order valence-corrected chi connectivity index (χ2v) is 7.16. The van der Waals surface area contributed by atoms with Crippen LogP contribution in [0.15, 0.2) is 71.8 Å². The first kappa shape index (κ1) is 22.2. The van der Waals surface area contributed by atoms with E-state index in [1.165, 1.54) is 6.21 Å². The number of carbonyl (C=O) groups excluding carboxylic acids is 1. The third kappa shape index (κ3) is 7.04. The van der Waals surface area contributed by atoms with Crippen molar-refractivity contribution in [1.82, 2.24) is 5.43 Å². The van der Waals surface area contributed by atoms with Gasteiger partial charge in [-0.2, -0.15) is 5.10 Å². The molecule has 0 aliphatic heterocycles. The molecule has 0 heterocycles. The quantitative estimate of drug-likeness (QED) is 0.386. The highest BCUT2D eigenvalue weighted by Gasteiger charge is 2.06. The first-order chi connectivity index (χ1) is 15.0. The van der Waals surface area contributed by atoms with Crippen LogP contribution < -0.4 is 19.6 Å². The number of carbonyl (C=O) groups is 1. The SMILES string of the molecule is COc1cc(/C=N\NC(=O)COc2ccc(C)cc2)ccc1OCc1ccc(Cl)cc1. The summed E-state index contributed by atoms with van der Waals surface area (Å²) in [7, 11) is 1.57. The van der Waals surface area contributed by atoms with E-state index >= 15 is 0 Å². The molecule has 0 spiro atoms. The highest BCUT2D eigenvalue weighted by atomic mass is 35.5. The summed E-state index contributed by atoms with van der Waals surface area (Å²) in [6.07, 6.45) is 1.52. The summed E-state index contributed by atoms with van der Waals surface area (Å²) in [6.45, 7) is 2.25. The Bertz CT molecular complexity index is 1030. The Morgan fingerprint density at radius 2 is 1.74 bits per heavy atom. The molecule has 0 saturated carbocycles. The van der Waals surface area contributed by atoms with Gasteiger partial charge in [-0.05, 0) is 60.5 Å². The molecule has 3 rings (SSSR count). The number of hydrogen-bond acceptors (Lipinski definition) is 5. The number of halogens is 1. The van der Waals surface area contributed by atoms with Gasteiger partial charge < -0.3 is 14.2 Å². The number of hydrazone groups is 1. The van der Waals surface area contributed by atoms with Gasteiger partial charge in [0.15, 0.2) is 18.1 Å². The van der Waals surface area contributed by atoms with Crippen molar-refractivity contribution in [2.24, 2.45) is 5.10 Å². The molecular formula is C24H23ClN2O4. The number of nitrogens with zero attached hydrogens (tertiary/aromatic N) is 1. The minimum absolute atomic E-state index is 0.124. The van der Waals surface area contributed by atoms with Crippen LogP contribution in [-0.2, 0) is 11.4 Å². The van der Waals surface area contributed by atoms with Crippen molar-refractivity contribution in [3.05, 3.63) is 88.4 Å².